The van der Waals surface area contributed by atoms with Crippen molar-refractivity contribution in [3.8, 4) is 5.75 Å². The number of nitrogens with two attached hydrogens (primary N) is 1. The number of rotatable bonds is 7. The van der Waals surface area contributed by atoms with E-state index in [-0.39, 0.29) is 11.5 Å². The molecule has 0 aliphatic carbocycles. The third-order valence-corrected chi connectivity index (χ3v) is 3.59. The summed E-state index contributed by atoms with van der Waals surface area (Å²) < 4.78 is 5.70. The second kappa shape index (κ2) is 7.78. The summed E-state index contributed by atoms with van der Waals surface area (Å²) >= 11 is 0. The first kappa shape index (κ1) is 18.0. The Labute approximate surface area is 128 Å². The van der Waals surface area contributed by atoms with Gasteiger partial charge >= 0.3 is 0 Å². The van der Waals surface area contributed by atoms with Crippen molar-refractivity contribution in [2.45, 2.75) is 51.7 Å². The lowest BCUT2D eigenvalue weighted by Gasteiger charge is -2.26. The summed E-state index contributed by atoms with van der Waals surface area (Å²) in [5, 5.41) is 13.5. The minimum Gasteiger partial charge on any atom is -0.494 e. The SMILES string of the molecule is CCOc1ccc(C(O)C(N)CCNC)cc1C(C)(C)C. The van der Waals surface area contributed by atoms with Crippen LogP contribution in [0.4, 0.5) is 0 Å². The number of ether oxygens (including phenoxy) is 1. The molecule has 0 radical (unpaired) electrons. The van der Waals surface area contributed by atoms with E-state index in [4.69, 9.17) is 10.5 Å². The molecule has 21 heavy (non-hydrogen) atoms. The van der Waals surface area contributed by atoms with Gasteiger partial charge in [-0.2, -0.15) is 0 Å². The van der Waals surface area contributed by atoms with Crippen LogP contribution >= 0.6 is 0 Å². The van der Waals surface area contributed by atoms with Crippen LogP contribution in [0.3, 0.4) is 0 Å². The first-order valence-electron chi connectivity index (χ1n) is 7.66. The topological polar surface area (TPSA) is 67.5 Å². The summed E-state index contributed by atoms with van der Waals surface area (Å²) in [6.07, 6.45) is 0.0746. The van der Waals surface area contributed by atoms with Crippen LogP contribution in [0.25, 0.3) is 0 Å². The molecule has 0 bridgehead atoms. The van der Waals surface area contributed by atoms with E-state index in [2.05, 4.69) is 26.1 Å². The normalized spacial score (nSPS) is 14.8. The fraction of sp³-hybridized carbons (Fsp3) is 0.647. The molecule has 1 aromatic carbocycles. The fourth-order valence-electron chi connectivity index (χ4n) is 2.32. The zero-order chi connectivity index (χ0) is 16.0. The molecule has 1 aromatic rings. The lowest BCUT2D eigenvalue weighted by atomic mass is 9.84. The Balaban J connectivity index is 3.04. The number of aliphatic hydroxyl groups excluding tert-OH is 1. The van der Waals surface area contributed by atoms with Crippen molar-refractivity contribution in [2.75, 3.05) is 20.2 Å². The molecule has 120 valence electrons. The van der Waals surface area contributed by atoms with Crippen molar-refractivity contribution in [1.29, 1.82) is 0 Å². The summed E-state index contributed by atoms with van der Waals surface area (Å²) in [4.78, 5) is 0. The van der Waals surface area contributed by atoms with Crippen LogP contribution in [-0.4, -0.2) is 31.3 Å². The first-order chi connectivity index (χ1) is 9.81. The molecule has 0 aliphatic rings. The molecule has 1 rings (SSSR count). The number of benzene rings is 1. The van der Waals surface area contributed by atoms with E-state index in [1.54, 1.807) is 0 Å². The monoisotopic (exact) mass is 294 g/mol. The molecule has 2 unspecified atom stereocenters. The van der Waals surface area contributed by atoms with Gasteiger partial charge in [-0.15, -0.1) is 0 Å². The van der Waals surface area contributed by atoms with Gasteiger partial charge in [0, 0.05) is 6.04 Å². The summed E-state index contributed by atoms with van der Waals surface area (Å²) in [6.45, 7) is 9.82. The van der Waals surface area contributed by atoms with Crippen LogP contribution in [0.15, 0.2) is 18.2 Å². The third kappa shape index (κ3) is 4.99. The Morgan fingerprint density at radius 1 is 1.33 bits per heavy atom. The molecule has 0 saturated heterocycles. The average Bonchev–Trinajstić information content (AvgIpc) is 2.43. The van der Waals surface area contributed by atoms with Crippen molar-refractivity contribution in [2.24, 2.45) is 5.73 Å². The quantitative estimate of drug-likeness (QED) is 0.722. The van der Waals surface area contributed by atoms with Gasteiger partial charge in [-0.3, -0.25) is 0 Å². The van der Waals surface area contributed by atoms with E-state index >= 15 is 0 Å². The lowest BCUT2D eigenvalue weighted by molar-refractivity contribution is 0.142. The number of hydrogen-bond donors (Lipinski definition) is 3. The molecule has 0 spiro atoms. The van der Waals surface area contributed by atoms with Gasteiger partial charge in [0.1, 0.15) is 5.75 Å². The predicted molar refractivity (Wildman–Crippen MR) is 87.8 cm³/mol. The van der Waals surface area contributed by atoms with E-state index in [1.807, 2.05) is 32.2 Å². The highest BCUT2D eigenvalue weighted by Gasteiger charge is 2.23. The van der Waals surface area contributed by atoms with E-state index in [1.165, 1.54) is 0 Å². The number of nitrogens with one attached hydrogen (secondary N) is 1. The summed E-state index contributed by atoms with van der Waals surface area (Å²) in [6, 6.07) is 5.59. The van der Waals surface area contributed by atoms with Crippen LogP contribution in [0, 0.1) is 0 Å². The van der Waals surface area contributed by atoms with E-state index in [9.17, 15) is 5.11 Å². The van der Waals surface area contributed by atoms with Gasteiger partial charge < -0.3 is 20.9 Å². The van der Waals surface area contributed by atoms with Crippen molar-refractivity contribution >= 4 is 0 Å². The van der Waals surface area contributed by atoms with Crippen LogP contribution in [0.2, 0.25) is 0 Å². The maximum Gasteiger partial charge on any atom is 0.123 e. The van der Waals surface area contributed by atoms with Crippen molar-refractivity contribution in [3.63, 3.8) is 0 Å². The van der Waals surface area contributed by atoms with Crippen LogP contribution in [-0.2, 0) is 5.41 Å². The van der Waals surface area contributed by atoms with Crippen LogP contribution in [0.5, 0.6) is 5.75 Å². The molecule has 0 heterocycles. The van der Waals surface area contributed by atoms with Gasteiger partial charge in [0.2, 0.25) is 0 Å². The zero-order valence-corrected chi connectivity index (χ0v) is 13.9. The second-order valence-electron chi connectivity index (χ2n) is 6.44. The van der Waals surface area contributed by atoms with Gasteiger partial charge in [-0.05, 0) is 55.6 Å². The van der Waals surface area contributed by atoms with Crippen molar-refractivity contribution < 1.29 is 9.84 Å². The molecular formula is C17H30N2O2. The molecule has 0 aromatic heterocycles. The minimum atomic E-state index is -0.657. The van der Waals surface area contributed by atoms with Crippen LogP contribution in [0.1, 0.15) is 51.3 Å². The highest BCUT2D eigenvalue weighted by Crippen LogP contribution is 2.34. The smallest absolute Gasteiger partial charge is 0.123 e. The molecule has 4 nitrogen and oxygen atoms in total. The summed E-state index contributed by atoms with van der Waals surface area (Å²) in [5.74, 6) is 0.879. The molecule has 4 N–H and O–H groups in total. The van der Waals surface area contributed by atoms with E-state index < -0.39 is 6.10 Å². The summed E-state index contributed by atoms with van der Waals surface area (Å²) in [7, 11) is 1.88. The molecular weight excluding hydrogens is 264 g/mol. The Hall–Kier alpha value is -1.10. The minimum absolute atomic E-state index is 0.0463. The van der Waals surface area contributed by atoms with Gasteiger partial charge in [0.05, 0.1) is 12.7 Å². The van der Waals surface area contributed by atoms with Gasteiger partial charge in [0.15, 0.2) is 0 Å². The molecule has 0 saturated carbocycles. The standard InChI is InChI=1S/C17H30N2O2/c1-6-21-15-8-7-12(11-13(15)17(2,3)4)16(20)14(18)9-10-19-5/h7-8,11,14,16,19-20H,6,9-10,18H2,1-5H3. The lowest BCUT2D eigenvalue weighted by Crippen LogP contribution is -2.31. The highest BCUT2D eigenvalue weighted by molar-refractivity contribution is 5.42. The largest absolute Gasteiger partial charge is 0.494 e. The average molecular weight is 294 g/mol. The third-order valence-electron chi connectivity index (χ3n) is 3.59. The highest BCUT2D eigenvalue weighted by atomic mass is 16.5. The number of hydrogen-bond acceptors (Lipinski definition) is 4. The Morgan fingerprint density at radius 3 is 2.52 bits per heavy atom. The van der Waals surface area contributed by atoms with Gasteiger partial charge in [0.25, 0.3) is 0 Å². The Bertz CT molecular complexity index is 441. The Kier molecular flexibility index (Phi) is 6.65. The predicted octanol–water partition coefficient (Wildman–Crippen LogP) is 2.35. The maximum atomic E-state index is 10.4. The number of aliphatic hydroxyl groups is 1. The van der Waals surface area contributed by atoms with Gasteiger partial charge in [-0.25, -0.2) is 0 Å². The van der Waals surface area contributed by atoms with E-state index in [0.717, 1.165) is 29.8 Å². The molecule has 0 aliphatic heterocycles. The summed E-state index contributed by atoms with van der Waals surface area (Å²) in [5.41, 5.74) is 7.98. The molecule has 0 fully saturated rings. The van der Waals surface area contributed by atoms with Crippen molar-refractivity contribution in [1.82, 2.24) is 5.32 Å². The van der Waals surface area contributed by atoms with Crippen LogP contribution < -0.4 is 15.8 Å². The van der Waals surface area contributed by atoms with E-state index in [0.29, 0.717) is 6.61 Å². The second-order valence-corrected chi connectivity index (χ2v) is 6.44. The van der Waals surface area contributed by atoms with Crippen molar-refractivity contribution in [3.05, 3.63) is 29.3 Å². The van der Waals surface area contributed by atoms with Gasteiger partial charge in [-0.1, -0.05) is 26.8 Å². The molecule has 2 atom stereocenters. The zero-order valence-electron chi connectivity index (χ0n) is 13.9. The first-order valence-corrected chi connectivity index (χ1v) is 7.66. The molecule has 0 amide bonds. The Morgan fingerprint density at radius 2 is 2.00 bits per heavy atom. The fourth-order valence-corrected chi connectivity index (χ4v) is 2.32. The molecule has 4 heteroatoms. The maximum absolute atomic E-state index is 10.4.